The van der Waals surface area contributed by atoms with Crippen LogP contribution in [0.25, 0.3) is 0 Å². The molecule has 0 radical (unpaired) electrons. The van der Waals surface area contributed by atoms with Crippen molar-refractivity contribution in [1.82, 2.24) is 0 Å². The van der Waals surface area contributed by atoms with Crippen molar-refractivity contribution in [3.8, 4) is 0 Å². The Balaban J connectivity index is -0.000000109. The maximum atomic E-state index is 9.53. The first-order chi connectivity index (χ1) is 5.18. The van der Waals surface area contributed by atoms with Gasteiger partial charge in [-0.1, -0.05) is 19.2 Å². The Morgan fingerprint density at radius 2 is 1.73 bits per heavy atom. The number of aliphatic carboxylic acids is 1. The summed E-state index contributed by atoms with van der Waals surface area (Å²) < 4.78 is 0. The van der Waals surface area contributed by atoms with Gasteiger partial charge in [0.05, 0.1) is 6.42 Å². The van der Waals surface area contributed by atoms with Gasteiger partial charge in [0.1, 0.15) is 0 Å². The Kier molecular flexibility index (Phi) is 34.9. The molecule has 0 aliphatic heterocycles. The van der Waals surface area contributed by atoms with E-state index in [0.717, 1.165) is 0 Å². The van der Waals surface area contributed by atoms with Gasteiger partial charge >= 0.3 is 5.97 Å². The first kappa shape index (κ1) is 16.2. The smallest absolute Gasteiger partial charge is 0.307 e. The van der Waals surface area contributed by atoms with Crippen LogP contribution in [0.5, 0.6) is 0 Å². The van der Waals surface area contributed by atoms with Crippen LogP contribution in [0.15, 0.2) is 44.7 Å². The van der Waals surface area contributed by atoms with Crippen LogP contribution < -0.4 is 0 Å². The molecule has 2 nitrogen and oxygen atoms in total. The molecule has 0 saturated carbocycles. The summed E-state index contributed by atoms with van der Waals surface area (Å²) >= 11 is 0. The number of carboxylic acids is 1. The maximum Gasteiger partial charge on any atom is 0.307 e. The molecular weight excluding hydrogens is 140 g/mol. The average molecular weight is 154 g/mol. The lowest BCUT2D eigenvalue weighted by Gasteiger charge is -1.75. The second-order valence-corrected chi connectivity index (χ2v) is 1.14. The second kappa shape index (κ2) is 23.7. The molecule has 0 aromatic rings. The predicted molar refractivity (Wildman–Crippen MR) is 48.5 cm³/mol. The lowest BCUT2D eigenvalue weighted by molar-refractivity contribution is -0.135. The molecular formula is C9H14O2. The lowest BCUT2D eigenvalue weighted by Crippen LogP contribution is -1.88. The number of hydrogen-bond donors (Lipinski definition) is 1. The summed E-state index contributed by atoms with van der Waals surface area (Å²) in [6, 6.07) is 0. The summed E-state index contributed by atoms with van der Waals surface area (Å²) in [7, 11) is 0. The van der Waals surface area contributed by atoms with Crippen LogP contribution in [-0.2, 0) is 4.79 Å². The Labute approximate surface area is 67.9 Å². The summed E-state index contributed by atoms with van der Waals surface area (Å²) in [4.78, 5) is 9.53. The molecule has 1 N–H and O–H groups in total. The largest absolute Gasteiger partial charge is 0.481 e. The minimum Gasteiger partial charge on any atom is -0.481 e. The molecule has 0 atom stereocenters. The van der Waals surface area contributed by atoms with E-state index in [-0.39, 0.29) is 6.42 Å². The highest BCUT2D eigenvalue weighted by Crippen LogP contribution is 1.74. The fraction of sp³-hybridized carbons (Fsp3) is 0.111. The standard InChI is InChI=1S/C4H6O2.C3H4.C2H4/c1-2-3-4(5)6;1-3-2;1-2/h2H,1,3H2,(H,5,6);1-2H2;1-2H2. The first-order valence-electron chi connectivity index (χ1n) is 2.80. The number of carboxylic acid groups (broad SMARTS) is 1. The fourth-order valence-electron chi connectivity index (χ4n) is 0.123. The molecule has 0 amide bonds. The minimum atomic E-state index is -0.829. The lowest BCUT2D eigenvalue weighted by atomic mass is 10.4. The first-order valence-corrected chi connectivity index (χ1v) is 2.80. The van der Waals surface area contributed by atoms with Gasteiger partial charge in [0.15, 0.2) is 0 Å². The molecule has 0 heterocycles. The van der Waals surface area contributed by atoms with Crippen LogP contribution >= 0.6 is 0 Å². The van der Waals surface area contributed by atoms with Crippen molar-refractivity contribution in [2.75, 3.05) is 0 Å². The van der Waals surface area contributed by atoms with Crippen LogP contribution in [0.1, 0.15) is 6.42 Å². The van der Waals surface area contributed by atoms with Crippen molar-refractivity contribution in [3.63, 3.8) is 0 Å². The van der Waals surface area contributed by atoms with E-state index in [1.54, 1.807) is 0 Å². The molecule has 0 saturated heterocycles. The number of carbonyl (C=O) groups is 1. The average Bonchev–Trinajstić information content (AvgIpc) is 1.93. The van der Waals surface area contributed by atoms with E-state index in [0.29, 0.717) is 0 Å². The highest BCUT2D eigenvalue weighted by molar-refractivity contribution is 5.68. The quantitative estimate of drug-likeness (QED) is 0.490. The summed E-state index contributed by atoms with van der Waals surface area (Å²) in [5, 5.41) is 7.84. The Morgan fingerprint density at radius 3 is 1.73 bits per heavy atom. The zero-order valence-electron chi connectivity index (χ0n) is 6.68. The summed E-state index contributed by atoms with van der Waals surface area (Å²) in [5.41, 5.74) is 2.25. The maximum absolute atomic E-state index is 9.53. The van der Waals surface area contributed by atoms with Gasteiger partial charge in [0.2, 0.25) is 0 Å². The minimum absolute atomic E-state index is 0.0556. The van der Waals surface area contributed by atoms with Crippen molar-refractivity contribution in [1.29, 1.82) is 0 Å². The Morgan fingerprint density at radius 1 is 1.45 bits per heavy atom. The van der Waals surface area contributed by atoms with Crippen LogP contribution in [0.4, 0.5) is 0 Å². The topological polar surface area (TPSA) is 37.3 Å². The second-order valence-electron chi connectivity index (χ2n) is 1.14. The summed E-state index contributed by atoms with van der Waals surface area (Å²) in [5.74, 6) is -0.829. The normalized spacial score (nSPS) is 5.09. The molecule has 0 spiro atoms. The van der Waals surface area contributed by atoms with Crippen LogP contribution in [0.3, 0.4) is 0 Å². The van der Waals surface area contributed by atoms with Gasteiger partial charge in [-0.3, -0.25) is 4.79 Å². The van der Waals surface area contributed by atoms with Gasteiger partial charge in [-0.15, -0.1) is 25.5 Å². The molecule has 2 heteroatoms. The third kappa shape index (κ3) is 164. The monoisotopic (exact) mass is 154 g/mol. The summed E-state index contributed by atoms with van der Waals surface area (Å²) in [6.45, 7) is 15.5. The fourth-order valence-corrected chi connectivity index (χ4v) is 0.123. The molecule has 0 bridgehead atoms. The van der Waals surface area contributed by atoms with E-state index in [9.17, 15) is 4.79 Å². The summed E-state index contributed by atoms with van der Waals surface area (Å²) in [6.07, 6.45) is 1.41. The van der Waals surface area contributed by atoms with Crippen molar-refractivity contribution in [2.24, 2.45) is 0 Å². The van der Waals surface area contributed by atoms with E-state index in [1.807, 2.05) is 0 Å². The third-order valence-electron chi connectivity index (χ3n) is 0.319. The van der Waals surface area contributed by atoms with E-state index in [1.165, 1.54) is 6.08 Å². The zero-order chi connectivity index (χ0) is 9.70. The van der Waals surface area contributed by atoms with Crippen molar-refractivity contribution >= 4 is 5.97 Å². The molecule has 62 valence electrons. The van der Waals surface area contributed by atoms with E-state index >= 15 is 0 Å². The molecule has 0 aromatic heterocycles. The van der Waals surface area contributed by atoms with Gasteiger partial charge in [-0.05, 0) is 0 Å². The highest BCUT2D eigenvalue weighted by atomic mass is 16.4. The van der Waals surface area contributed by atoms with Gasteiger partial charge in [-0.2, -0.15) is 0 Å². The van der Waals surface area contributed by atoms with Gasteiger partial charge in [0.25, 0.3) is 0 Å². The zero-order valence-corrected chi connectivity index (χ0v) is 6.68. The van der Waals surface area contributed by atoms with E-state index in [2.05, 4.69) is 38.6 Å². The Bertz CT molecular complexity index is 130. The SMILES string of the molecule is C=C.C=C=C.C=CCC(=O)O. The van der Waals surface area contributed by atoms with Crippen molar-refractivity contribution in [3.05, 3.63) is 44.7 Å². The van der Waals surface area contributed by atoms with Crippen LogP contribution in [0, 0.1) is 0 Å². The molecule has 0 aliphatic rings. The van der Waals surface area contributed by atoms with Gasteiger partial charge < -0.3 is 5.11 Å². The van der Waals surface area contributed by atoms with E-state index in [4.69, 9.17) is 5.11 Å². The highest BCUT2D eigenvalue weighted by Gasteiger charge is 1.84. The predicted octanol–water partition coefficient (Wildman–Crippen LogP) is 2.41. The van der Waals surface area contributed by atoms with Crippen LogP contribution in [0.2, 0.25) is 0 Å². The van der Waals surface area contributed by atoms with Crippen molar-refractivity contribution in [2.45, 2.75) is 6.42 Å². The van der Waals surface area contributed by atoms with Crippen LogP contribution in [-0.4, -0.2) is 11.1 Å². The molecule has 0 rings (SSSR count). The Hall–Kier alpha value is -1.53. The van der Waals surface area contributed by atoms with Gasteiger partial charge in [-0.25, -0.2) is 0 Å². The van der Waals surface area contributed by atoms with E-state index < -0.39 is 5.97 Å². The molecule has 0 fully saturated rings. The molecule has 0 aromatic carbocycles. The molecule has 0 unspecified atom stereocenters. The third-order valence-corrected chi connectivity index (χ3v) is 0.319. The molecule has 0 aliphatic carbocycles. The number of hydrogen-bond acceptors (Lipinski definition) is 1. The van der Waals surface area contributed by atoms with Crippen molar-refractivity contribution < 1.29 is 9.90 Å². The number of rotatable bonds is 2. The molecule has 11 heavy (non-hydrogen) atoms. The van der Waals surface area contributed by atoms with Gasteiger partial charge in [0, 0.05) is 0 Å².